The predicted octanol–water partition coefficient (Wildman–Crippen LogP) is 2.92. The van der Waals surface area contributed by atoms with Crippen molar-refractivity contribution in [1.82, 2.24) is 15.3 Å². The standard InChI is InChI=1S/C23H20N4O3S/c24-31(29,30)18-9-7-16(8-10-18)11-13-26-23(28)20-14-22(17-4-3-12-25-15-17)27-21-6-2-1-5-19(20)21/h1-10,12,14-15H,11,13H2,(H,26,28)(H2,24,29,30). The first kappa shape index (κ1) is 20.6. The van der Waals surface area contributed by atoms with Gasteiger partial charge in [-0.2, -0.15) is 0 Å². The lowest BCUT2D eigenvalue weighted by atomic mass is 10.0. The number of sulfonamides is 1. The van der Waals surface area contributed by atoms with Crippen molar-refractivity contribution in [3.05, 3.63) is 90.3 Å². The summed E-state index contributed by atoms with van der Waals surface area (Å²) in [5.41, 5.74) is 3.66. The van der Waals surface area contributed by atoms with Gasteiger partial charge in [-0.1, -0.05) is 30.3 Å². The van der Waals surface area contributed by atoms with Crippen LogP contribution in [0.15, 0.2) is 84.0 Å². The predicted molar refractivity (Wildman–Crippen MR) is 119 cm³/mol. The van der Waals surface area contributed by atoms with Crippen LogP contribution in [0, 0.1) is 0 Å². The second-order valence-electron chi connectivity index (χ2n) is 7.01. The van der Waals surface area contributed by atoms with E-state index in [-0.39, 0.29) is 10.8 Å². The number of carbonyl (C=O) groups is 1. The summed E-state index contributed by atoms with van der Waals surface area (Å²) in [5, 5.41) is 8.82. The summed E-state index contributed by atoms with van der Waals surface area (Å²) in [6.45, 7) is 0.395. The fraction of sp³-hybridized carbons (Fsp3) is 0.0870. The maximum Gasteiger partial charge on any atom is 0.252 e. The number of nitrogens with zero attached hydrogens (tertiary/aromatic N) is 2. The van der Waals surface area contributed by atoms with E-state index < -0.39 is 10.0 Å². The van der Waals surface area contributed by atoms with E-state index in [1.54, 1.807) is 30.6 Å². The number of benzene rings is 2. The lowest BCUT2D eigenvalue weighted by Gasteiger charge is -2.11. The Labute approximate surface area is 180 Å². The number of pyridine rings is 2. The van der Waals surface area contributed by atoms with Crippen LogP contribution in [0.4, 0.5) is 0 Å². The molecule has 0 aliphatic rings. The smallest absolute Gasteiger partial charge is 0.252 e. The average molecular weight is 433 g/mol. The number of hydrogen-bond acceptors (Lipinski definition) is 5. The van der Waals surface area contributed by atoms with E-state index in [9.17, 15) is 13.2 Å². The van der Waals surface area contributed by atoms with Crippen molar-refractivity contribution >= 4 is 26.8 Å². The van der Waals surface area contributed by atoms with Gasteiger partial charge in [-0.25, -0.2) is 18.5 Å². The molecule has 156 valence electrons. The highest BCUT2D eigenvalue weighted by molar-refractivity contribution is 7.89. The van der Waals surface area contributed by atoms with Crippen molar-refractivity contribution in [1.29, 1.82) is 0 Å². The van der Waals surface area contributed by atoms with Crippen molar-refractivity contribution in [2.45, 2.75) is 11.3 Å². The van der Waals surface area contributed by atoms with Gasteiger partial charge in [0.25, 0.3) is 5.91 Å². The van der Waals surface area contributed by atoms with Crippen LogP contribution in [0.25, 0.3) is 22.2 Å². The van der Waals surface area contributed by atoms with Crippen LogP contribution < -0.4 is 10.5 Å². The van der Waals surface area contributed by atoms with E-state index in [1.807, 2.05) is 36.4 Å². The first-order chi connectivity index (χ1) is 14.9. The molecule has 4 rings (SSSR count). The highest BCUT2D eigenvalue weighted by atomic mass is 32.2. The van der Waals surface area contributed by atoms with E-state index in [2.05, 4.69) is 15.3 Å². The lowest BCUT2D eigenvalue weighted by molar-refractivity contribution is 0.0955. The monoisotopic (exact) mass is 432 g/mol. The van der Waals surface area contributed by atoms with Gasteiger partial charge in [0, 0.05) is 29.9 Å². The normalized spacial score (nSPS) is 11.4. The Bertz CT molecular complexity index is 1340. The number of para-hydroxylation sites is 1. The molecule has 0 saturated heterocycles. The van der Waals surface area contributed by atoms with Gasteiger partial charge < -0.3 is 5.32 Å². The van der Waals surface area contributed by atoms with Gasteiger partial charge in [0.2, 0.25) is 10.0 Å². The highest BCUT2D eigenvalue weighted by Crippen LogP contribution is 2.24. The van der Waals surface area contributed by atoms with Gasteiger partial charge in [0.1, 0.15) is 0 Å². The zero-order valence-electron chi connectivity index (χ0n) is 16.5. The first-order valence-corrected chi connectivity index (χ1v) is 11.2. The molecule has 0 aliphatic heterocycles. The molecule has 1 amide bonds. The summed E-state index contributed by atoms with van der Waals surface area (Å²) < 4.78 is 22.7. The molecule has 31 heavy (non-hydrogen) atoms. The minimum absolute atomic E-state index is 0.0615. The number of rotatable bonds is 6. The Morgan fingerprint density at radius 3 is 2.48 bits per heavy atom. The van der Waals surface area contributed by atoms with Crippen LogP contribution in [0.5, 0.6) is 0 Å². The van der Waals surface area contributed by atoms with Gasteiger partial charge in [0.15, 0.2) is 0 Å². The minimum atomic E-state index is -3.72. The van der Waals surface area contributed by atoms with Gasteiger partial charge in [-0.05, 0) is 48.4 Å². The van der Waals surface area contributed by atoms with Crippen LogP contribution in [0.3, 0.4) is 0 Å². The number of carbonyl (C=O) groups excluding carboxylic acids is 1. The molecule has 7 nitrogen and oxygen atoms in total. The zero-order chi connectivity index (χ0) is 21.8. The fourth-order valence-corrected chi connectivity index (χ4v) is 3.80. The Kier molecular flexibility index (Phi) is 5.75. The molecule has 4 aromatic rings. The third-order valence-corrected chi connectivity index (χ3v) is 5.80. The molecule has 0 atom stereocenters. The molecular weight excluding hydrogens is 412 g/mol. The summed E-state index contributed by atoms with van der Waals surface area (Å²) in [5.74, 6) is -0.204. The van der Waals surface area contributed by atoms with Crippen molar-refractivity contribution < 1.29 is 13.2 Å². The van der Waals surface area contributed by atoms with Gasteiger partial charge in [0.05, 0.1) is 21.7 Å². The topological polar surface area (TPSA) is 115 Å². The summed E-state index contributed by atoms with van der Waals surface area (Å²) in [6, 6.07) is 19.3. The molecule has 8 heteroatoms. The summed E-state index contributed by atoms with van der Waals surface area (Å²) in [7, 11) is -3.72. The first-order valence-electron chi connectivity index (χ1n) is 9.62. The zero-order valence-corrected chi connectivity index (χ0v) is 17.3. The van der Waals surface area contributed by atoms with Crippen molar-refractivity contribution in [3.8, 4) is 11.3 Å². The van der Waals surface area contributed by atoms with Gasteiger partial charge >= 0.3 is 0 Å². The molecule has 0 spiro atoms. The Morgan fingerprint density at radius 1 is 1.00 bits per heavy atom. The van der Waals surface area contributed by atoms with Crippen LogP contribution in [-0.2, 0) is 16.4 Å². The van der Waals surface area contributed by atoms with Gasteiger partial charge in [-0.3, -0.25) is 9.78 Å². The third kappa shape index (κ3) is 4.76. The fourth-order valence-electron chi connectivity index (χ4n) is 3.29. The molecule has 3 N–H and O–H groups in total. The largest absolute Gasteiger partial charge is 0.352 e. The van der Waals surface area contributed by atoms with Crippen molar-refractivity contribution in [2.24, 2.45) is 5.14 Å². The number of hydrogen-bond donors (Lipinski definition) is 2. The van der Waals surface area contributed by atoms with Crippen LogP contribution in [0.2, 0.25) is 0 Å². The molecule has 0 unspecified atom stereocenters. The molecule has 0 aliphatic carbocycles. The van der Waals surface area contributed by atoms with Crippen LogP contribution in [0.1, 0.15) is 15.9 Å². The van der Waals surface area contributed by atoms with E-state index in [4.69, 9.17) is 5.14 Å². The number of nitrogens with one attached hydrogen (secondary N) is 1. The lowest BCUT2D eigenvalue weighted by Crippen LogP contribution is -2.26. The second kappa shape index (κ2) is 8.63. The highest BCUT2D eigenvalue weighted by Gasteiger charge is 2.14. The summed E-state index contributed by atoms with van der Waals surface area (Å²) in [4.78, 5) is 21.8. The van der Waals surface area contributed by atoms with E-state index in [0.29, 0.717) is 24.2 Å². The van der Waals surface area contributed by atoms with E-state index in [0.717, 1.165) is 22.0 Å². The SMILES string of the molecule is NS(=O)(=O)c1ccc(CCNC(=O)c2cc(-c3cccnc3)nc3ccccc23)cc1. The molecule has 2 aromatic carbocycles. The average Bonchev–Trinajstić information content (AvgIpc) is 2.78. The summed E-state index contributed by atoms with van der Waals surface area (Å²) in [6.07, 6.45) is 3.95. The number of aromatic nitrogens is 2. The Morgan fingerprint density at radius 2 is 1.77 bits per heavy atom. The Balaban J connectivity index is 1.53. The molecule has 0 saturated carbocycles. The number of primary sulfonamides is 1. The molecular formula is C23H20N4O3S. The maximum atomic E-state index is 13.0. The number of amides is 1. The third-order valence-electron chi connectivity index (χ3n) is 4.87. The minimum Gasteiger partial charge on any atom is -0.352 e. The van der Waals surface area contributed by atoms with E-state index >= 15 is 0 Å². The van der Waals surface area contributed by atoms with Crippen LogP contribution in [-0.4, -0.2) is 30.8 Å². The molecule has 0 bridgehead atoms. The second-order valence-corrected chi connectivity index (χ2v) is 8.57. The number of nitrogens with two attached hydrogens (primary N) is 1. The quantitative estimate of drug-likeness (QED) is 0.486. The Hall–Kier alpha value is -3.62. The maximum absolute atomic E-state index is 13.0. The van der Waals surface area contributed by atoms with Gasteiger partial charge in [-0.15, -0.1) is 0 Å². The molecule has 0 fully saturated rings. The van der Waals surface area contributed by atoms with Crippen LogP contribution >= 0.6 is 0 Å². The van der Waals surface area contributed by atoms with Crippen molar-refractivity contribution in [3.63, 3.8) is 0 Å². The van der Waals surface area contributed by atoms with Crippen molar-refractivity contribution in [2.75, 3.05) is 6.54 Å². The molecule has 0 radical (unpaired) electrons. The number of fused-ring (bicyclic) bond motifs is 1. The molecule has 2 aromatic heterocycles. The molecule has 2 heterocycles. The van der Waals surface area contributed by atoms with E-state index in [1.165, 1.54) is 12.1 Å². The summed E-state index contributed by atoms with van der Waals surface area (Å²) >= 11 is 0.